The van der Waals surface area contributed by atoms with Crippen molar-refractivity contribution >= 4 is 18.3 Å². The van der Waals surface area contributed by atoms with Gasteiger partial charge in [0, 0.05) is 13.1 Å². The zero-order valence-electron chi connectivity index (χ0n) is 16.4. The van der Waals surface area contributed by atoms with Gasteiger partial charge in [0.05, 0.1) is 11.0 Å². The molecule has 1 aromatic carbocycles. The number of alkyl halides is 3. The molecule has 0 spiro atoms. The maximum atomic E-state index is 13.6. The fraction of sp³-hybridized carbons (Fsp3) is 0.667. The Bertz CT molecular complexity index is 657. The number of nitrogens with one attached hydrogen (secondary N) is 1. The molecule has 1 aliphatic carbocycles. The van der Waals surface area contributed by atoms with Crippen molar-refractivity contribution in [1.29, 1.82) is 0 Å². The Morgan fingerprint density at radius 2 is 1.93 bits per heavy atom. The Morgan fingerprint density at radius 1 is 1.21 bits per heavy atom. The Morgan fingerprint density at radius 3 is 2.57 bits per heavy atom. The van der Waals surface area contributed by atoms with E-state index in [9.17, 15) is 18.0 Å². The number of likely N-dealkylation sites (tertiary alicyclic amines) is 1. The van der Waals surface area contributed by atoms with Crippen LogP contribution in [0.25, 0.3) is 0 Å². The normalized spacial score (nSPS) is 22.4. The zero-order chi connectivity index (χ0) is 19.5. The number of piperidine rings is 1. The first-order chi connectivity index (χ1) is 12.9. The highest BCUT2D eigenvalue weighted by molar-refractivity contribution is 5.88. The van der Waals surface area contributed by atoms with Crippen molar-refractivity contribution in [2.24, 2.45) is 5.92 Å². The van der Waals surface area contributed by atoms with Crippen molar-refractivity contribution < 1.29 is 18.0 Å². The molecule has 2 fully saturated rings. The van der Waals surface area contributed by atoms with E-state index in [-0.39, 0.29) is 18.3 Å². The second-order valence-corrected chi connectivity index (χ2v) is 8.04. The highest BCUT2D eigenvalue weighted by Gasteiger charge is 2.45. The Kier molecular flexibility index (Phi) is 7.80. The Balaban J connectivity index is 0.00000280. The van der Waals surface area contributed by atoms with Gasteiger partial charge in [0.1, 0.15) is 0 Å². The van der Waals surface area contributed by atoms with Gasteiger partial charge in [0.25, 0.3) is 0 Å². The lowest BCUT2D eigenvalue weighted by atomic mass is 9.68. The Labute approximate surface area is 171 Å². The van der Waals surface area contributed by atoms with Crippen LogP contribution in [-0.4, -0.2) is 37.5 Å². The molecule has 1 unspecified atom stereocenters. The van der Waals surface area contributed by atoms with Crippen LogP contribution < -0.4 is 5.32 Å². The van der Waals surface area contributed by atoms with Gasteiger partial charge >= 0.3 is 6.18 Å². The van der Waals surface area contributed by atoms with Crippen LogP contribution in [0.4, 0.5) is 13.2 Å². The van der Waals surface area contributed by atoms with Crippen molar-refractivity contribution in [1.82, 2.24) is 10.2 Å². The quantitative estimate of drug-likeness (QED) is 0.762. The number of amides is 1. The summed E-state index contributed by atoms with van der Waals surface area (Å²) in [4.78, 5) is 15.5. The van der Waals surface area contributed by atoms with Gasteiger partial charge in [-0.1, -0.05) is 37.5 Å². The number of hydrogen-bond donors (Lipinski definition) is 1. The minimum atomic E-state index is -4.39. The number of benzene rings is 1. The summed E-state index contributed by atoms with van der Waals surface area (Å²) in [6.45, 7) is 2.26. The van der Waals surface area contributed by atoms with Crippen molar-refractivity contribution in [2.45, 2.75) is 56.5 Å². The molecule has 1 amide bonds. The van der Waals surface area contributed by atoms with Gasteiger partial charge in [-0.2, -0.15) is 13.2 Å². The van der Waals surface area contributed by atoms with Crippen molar-refractivity contribution in [3.05, 3.63) is 35.4 Å². The second-order valence-electron chi connectivity index (χ2n) is 8.04. The molecule has 3 rings (SSSR count). The number of hydrogen-bond acceptors (Lipinski definition) is 2. The summed E-state index contributed by atoms with van der Waals surface area (Å²) < 4.78 is 39.7. The highest BCUT2D eigenvalue weighted by atomic mass is 35.5. The maximum Gasteiger partial charge on any atom is 0.416 e. The van der Waals surface area contributed by atoms with Crippen LogP contribution in [0.15, 0.2) is 24.3 Å². The average Bonchev–Trinajstić information content (AvgIpc) is 2.68. The summed E-state index contributed by atoms with van der Waals surface area (Å²) in [5.41, 5.74) is -0.927. The van der Waals surface area contributed by atoms with Gasteiger partial charge in [-0.3, -0.25) is 4.79 Å². The average molecular weight is 419 g/mol. The number of halogens is 4. The predicted octanol–water partition coefficient (Wildman–Crippen LogP) is 4.79. The zero-order valence-corrected chi connectivity index (χ0v) is 17.2. The van der Waals surface area contributed by atoms with E-state index in [1.54, 1.807) is 6.07 Å². The van der Waals surface area contributed by atoms with Crippen LogP contribution in [0.1, 0.15) is 56.1 Å². The van der Waals surface area contributed by atoms with Crippen LogP contribution in [0.3, 0.4) is 0 Å². The molecule has 1 atom stereocenters. The van der Waals surface area contributed by atoms with Crippen molar-refractivity contribution in [2.75, 3.05) is 26.7 Å². The summed E-state index contributed by atoms with van der Waals surface area (Å²) in [6.07, 6.45) is 1.73. The standard InChI is InChI=1S/C21H29F3N2O.ClH/c1-25-14-16-7-6-12-26(15-16)19(27)20(10-3-2-4-11-20)17-8-5-9-18(13-17)21(22,23)24;/h5,8-9,13,16,25H,2-4,6-7,10-12,14-15H2,1H3;1H. The van der Waals surface area contributed by atoms with Gasteiger partial charge in [-0.15, -0.1) is 12.4 Å². The number of rotatable bonds is 4. The van der Waals surface area contributed by atoms with E-state index in [2.05, 4.69) is 5.32 Å². The molecule has 0 aromatic heterocycles. The van der Waals surface area contributed by atoms with E-state index in [1.165, 1.54) is 12.1 Å². The Hall–Kier alpha value is -1.27. The van der Waals surface area contributed by atoms with Crippen LogP contribution in [0.2, 0.25) is 0 Å². The van der Waals surface area contributed by atoms with Crippen molar-refractivity contribution in [3.8, 4) is 0 Å². The lowest BCUT2D eigenvalue weighted by Crippen LogP contribution is -2.52. The van der Waals surface area contributed by atoms with E-state index in [1.807, 2.05) is 11.9 Å². The molecule has 3 nitrogen and oxygen atoms in total. The second kappa shape index (κ2) is 9.49. The number of carbonyl (C=O) groups excluding carboxylic acids is 1. The van der Waals surface area contributed by atoms with Crippen LogP contribution in [-0.2, 0) is 16.4 Å². The van der Waals surface area contributed by atoms with Gasteiger partial charge in [0.15, 0.2) is 0 Å². The molecular weight excluding hydrogens is 389 g/mol. The summed E-state index contributed by atoms with van der Waals surface area (Å²) in [7, 11) is 1.91. The van der Waals surface area contributed by atoms with Crippen LogP contribution >= 0.6 is 12.4 Å². The van der Waals surface area contributed by atoms with Gasteiger partial charge in [-0.25, -0.2) is 0 Å². The summed E-state index contributed by atoms with van der Waals surface area (Å²) >= 11 is 0. The fourth-order valence-electron chi connectivity index (χ4n) is 4.78. The third-order valence-electron chi connectivity index (χ3n) is 6.16. The third kappa shape index (κ3) is 4.82. The topological polar surface area (TPSA) is 32.3 Å². The first-order valence-electron chi connectivity index (χ1n) is 9.98. The molecule has 2 aliphatic rings. The van der Waals surface area contributed by atoms with Crippen LogP contribution in [0.5, 0.6) is 0 Å². The predicted molar refractivity (Wildman–Crippen MR) is 107 cm³/mol. The fourth-order valence-corrected chi connectivity index (χ4v) is 4.78. The minimum Gasteiger partial charge on any atom is -0.342 e. The molecule has 1 aliphatic heterocycles. The summed E-state index contributed by atoms with van der Waals surface area (Å²) in [5.74, 6) is 0.442. The SMILES string of the molecule is CNCC1CCCN(C(=O)C2(c3cccc(C(F)(F)F)c3)CCCCC2)C1.Cl. The van der Waals surface area contributed by atoms with Gasteiger partial charge < -0.3 is 10.2 Å². The molecule has 7 heteroatoms. The first-order valence-corrected chi connectivity index (χ1v) is 9.98. The monoisotopic (exact) mass is 418 g/mol. The molecule has 1 aromatic rings. The van der Waals surface area contributed by atoms with Gasteiger partial charge in [-0.05, 0) is 56.8 Å². The number of carbonyl (C=O) groups is 1. The largest absolute Gasteiger partial charge is 0.416 e. The van der Waals surface area contributed by atoms with E-state index < -0.39 is 17.2 Å². The highest BCUT2D eigenvalue weighted by Crippen LogP contribution is 2.43. The lowest BCUT2D eigenvalue weighted by molar-refractivity contribution is -0.141. The lowest BCUT2D eigenvalue weighted by Gasteiger charge is -2.43. The molecular formula is C21H30ClF3N2O. The molecule has 0 radical (unpaired) electrons. The van der Waals surface area contributed by atoms with Gasteiger partial charge in [0.2, 0.25) is 5.91 Å². The number of nitrogens with zero attached hydrogens (tertiary/aromatic N) is 1. The molecule has 158 valence electrons. The molecule has 1 heterocycles. The van der Waals surface area contributed by atoms with E-state index >= 15 is 0 Å². The third-order valence-corrected chi connectivity index (χ3v) is 6.16. The van der Waals surface area contributed by atoms with E-state index in [4.69, 9.17) is 0 Å². The smallest absolute Gasteiger partial charge is 0.342 e. The summed E-state index contributed by atoms with van der Waals surface area (Å²) in [5, 5.41) is 3.18. The molecule has 1 N–H and O–H groups in total. The van der Waals surface area contributed by atoms with E-state index in [0.29, 0.717) is 37.4 Å². The minimum absolute atomic E-state index is 0. The maximum absolute atomic E-state index is 13.6. The molecule has 1 saturated carbocycles. The molecule has 28 heavy (non-hydrogen) atoms. The van der Waals surface area contributed by atoms with Crippen molar-refractivity contribution in [3.63, 3.8) is 0 Å². The molecule has 1 saturated heterocycles. The summed E-state index contributed by atoms with van der Waals surface area (Å²) in [6, 6.07) is 5.46. The van der Waals surface area contributed by atoms with E-state index in [0.717, 1.165) is 44.7 Å². The van der Waals surface area contributed by atoms with Crippen LogP contribution in [0, 0.1) is 5.92 Å². The first kappa shape index (κ1) is 23.0. The molecule has 0 bridgehead atoms.